The first kappa shape index (κ1) is 16.6. The van der Waals surface area contributed by atoms with E-state index in [-0.39, 0.29) is 17.4 Å². The predicted octanol–water partition coefficient (Wildman–Crippen LogP) is 3.49. The zero-order chi connectivity index (χ0) is 18.0. The van der Waals surface area contributed by atoms with Crippen molar-refractivity contribution in [3.8, 4) is 5.75 Å². The Bertz CT molecular complexity index is 942. The first-order chi connectivity index (χ1) is 12.0. The summed E-state index contributed by atoms with van der Waals surface area (Å²) in [5.74, 6) is -0.745. The standard InChI is InChI=1S/C19H18N2O4/c1-3-24-14-6-4-5-13-15(17(18(20)22)25-16(13)14)21-19(23)12-9-7-11(2)8-10-12/h4-10H,3H2,1-2H3,(H2,20,22)(H,21,23). The van der Waals surface area contributed by atoms with Crippen LogP contribution in [0.4, 0.5) is 5.69 Å². The molecule has 0 spiro atoms. The van der Waals surface area contributed by atoms with Gasteiger partial charge in [-0.15, -0.1) is 0 Å². The van der Waals surface area contributed by atoms with Crippen LogP contribution >= 0.6 is 0 Å². The van der Waals surface area contributed by atoms with Gasteiger partial charge in [0, 0.05) is 10.9 Å². The molecule has 2 aromatic carbocycles. The van der Waals surface area contributed by atoms with Crippen LogP contribution in [0.2, 0.25) is 0 Å². The van der Waals surface area contributed by atoms with E-state index < -0.39 is 5.91 Å². The Hall–Kier alpha value is -3.28. The molecule has 0 bridgehead atoms. The van der Waals surface area contributed by atoms with E-state index >= 15 is 0 Å². The molecule has 1 aromatic heterocycles. The average Bonchev–Trinajstić information content (AvgIpc) is 2.96. The van der Waals surface area contributed by atoms with E-state index in [1.54, 1.807) is 30.3 Å². The molecule has 0 saturated heterocycles. The third-order valence-corrected chi connectivity index (χ3v) is 3.76. The number of fused-ring (bicyclic) bond motifs is 1. The van der Waals surface area contributed by atoms with Gasteiger partial charge in [0.25, 0.3) is 11.8 Å². The van der Waals surface area contributed by atoms with Gasteiger partial charge in [0.05, 0.1) is 6.61 Å². The van der Waals surface area contributed by atoms with Crippen LogP contribution in [0.15, 0.2) is 46.9 Å². The maximum atomic E-state index is 12.5. The summed E-state index contributed by atoms with van der Waals surface area (Å²) in [5, 5.41) is 3.29. The van der Waals surface area contributed by atoms with E-state index in [9.17, 15) is 9.59 Å². The number of anilines is 1. The van der Waals surface area contributed by atoms with Crippen molar-refractivity contribution in [1.82, 2.24) is 0 Å². The number of ether oxygens (including phenoxy) is 1. The topological polar surface area (TPSA) is 94.6 Å². The quantitative estimate of drug-likeness (QED) is 0.744. The maximum absolute atomic E-state index is 12.5. The maximum Gasteiger partial charge on any atom is 0.286 e. The number of para-hydroxylation sites is 1. The van der Waals surface area contributed by atoms with E-state index in [1.807, 2.05) is 26.0 Å². The predicted molar refractivity (Wildman–Crippen MR) is 95.0 cm³/mol. The van der Waals surface area contributed by atoms with E-state index in [0.717, 1.165) is 5.56 Å². The molecular weight excluding hydrogens is 320 g/mol. The number of benzene rings is 2. The molecule has 0 aliphatic rings. The zero-order valence-corrected chi connectivity index (χ0v) is 14.0. The Morgan fingerprint density at radius 3 is 2.52 bits per heavy atom. The second kappa shape index (κ2) is 6.68. The molecule has 0 radical (unpaired) electrons. The zero-order valence-electron chi connectivity index (χ0n) is 14.0. The fourth-order valence-corrected chi connectivity index (χ4v) is 2.55. The lowest BCUT2D eigenvalue weighted by molar-refractivity contribution is 0.0977. The van der Waals surface area contributed by atoms with Crippen molar-refractivity contribution in [1.29, 1.82) is 0 Å². The summed E-state index contributed by atoms with van der Waals surface area (Å²) in [5.41, 5.74) is 7.54. The molecule has 3 aromatic rings. The number of primary amides is 1. The molecule has 0 aliphatic heterocycles. The molecule has 0 saturated carbocycles. The van der Waals surface area contributed by atoms with Gasteiger partial charge in [-0.3, -0.25) is 9.59 Å². The lowest BCUT2D eigenvalue weighted by atomic mass is 10.1. The number of nitrogens with one attached hydrogen (secondary N) is 1. The fraction of sp³-hybridized carbons (Fsp3) is 0.158. The number of carbonyl (C=O) groups is 2. The molecular formula is C19H18N2O4. The van der Waals surface area contributed by atoms with Crippen molar-refractivity contribution in [2.75, 3.05) is 11.9 Å². The molecule has 1 heterocycles. The normalized spacial score (nSPS) is 10.6. The monoisotopic (exact) mass is 338 g/mol. The van der Waals surface area contributed by atoms with Gasteiger partial charge in [-0.05, 0) is 38.1 Å². The number of amides is 2. The summed E-state index contributed by atoms with van der Waals surface area (Å²) < 4.78 is 11.1. The highest BCUT2D eigenvalue weighted by molar-refractivity contribution is 6.14. The Balaban J connectivity index is 2.06. The molecule has 0 unspecified atom stereocenters. The summed E-state index contributed by atoms with van der Waals surface area (Å²) in [4.78, 5) is 24.3. The Kier molecular flexibility index (Phi) is 4.43. The minimum atomic E-state index is -0.766. The first-order valence-electron chi connectivity index (χ1n) is 7.87. The van der Waals surface area contributed by atoms with Crippen LogP contribution in [-0.2, 0) is 0 Å². The van der Waals surface area contributed by atoms with Gasteiger partial charge in [0.2, 0.25) is 5.76 Å². The summed E-state index contributed by atoms with van der Waals surface area (Å²) >= 11 is 0. The lowest BCUT2D eigenvalue weighted by Gasteiger charge is -2.06. The Labute approximate surface area is 144 Å². The van der Waals surface area contributed by atoms with Gasteiger partial charge in [0.1, 0.15) is 5.69 Å². The molecule has 3 rings (SSSR count). The molecule has 2 amide bonds. The largest absolute Gasteiger partial charge is 0.490 e. The van der Waals surface area contributed by atoms with Gasteiger partial charge in [-0.2, -0.15) is 0 Å². The molecule has 3 N–H and O–H groups in total. The first-order valence-corrected chi connectivity index (χ1v) is 7.87. The number of hydrogen-bond donors (Lipinski definition) is 2. The van der Waals surface area contributed by atoms with Crippen molar-refractivity contribution >= 4 is 28.5 Å². The number of nitrogens with two attached hydrogens (primary N) is 1. The summed E-state index contributed by atoms with van der Waals surface area (Å²) in [6.45, 7) is 4.22. The van der Waals surface area contributed by atoms with Crippen molar-refractivity contribution in [2.45, 2.75) is 13.8 Å². The summed E-state index contributed by atoms with van der Waals surface area (Å²) in [7, 11) is 0. The van der Waals surface area contributed by atoms with Crippen LogP contribution in [0.25, 0.3) is 11.0 Å². The highest BCUT2D eigenvalue weighted by Gasteiger charge is 2.23. The summed E-state index contributed by atoms with van der Waals surface area (Å²) in [6, 6.07) is 12.3. The second-order valence-corrected chi connectivity index (χ2v) is 5.56. The number of hydrogen-bond acceptors (Lipinski definition) is 4. The van der Waals surface area contributed by atoms with Crippen molar-refractivity contribution < 1.29 is 18.7 Å². The third-order valence-electron chi connectivity index (χ3n) is 3.76. The van der Waals surface area contributed by atoms with Crippen LogP contribution in [-0.4, -0.2) is 18.4 Å². The average molecular weight is 338 g/mol. The van der Waals surface area contributed by atoms with Crippen LogP contribution in [0.3, 0.4) is 0 Å². The third kappa shape index (κ3) is 3.19. The van der Waals surface area contributed by atoms with E-state index in [4.69, 9.17) is 14.9 Å². The van der Waals surface area contributed by atoms with Crippen molar-refractivity contribution in [3.63, 3.8) is 0 Å². The molecule has 0 atom stereocenters. The lowest BCUT2D eigenvalue weighted by Crippen LogP contribution is -2.17. The van der Waals surface area contributed by atoms with Gasteiger partial charge in [-0.1, -0.05) is 23.8 Å². The van der Waals surface area contributed by atoms with Crippen LogP contribution in [0, 0.1) is 6.92 Å². The molecule has 25 heavy (non-hydrogen) atoms. The minimum absolute atomic E-state index is 0.109. The van der Waals surface area contributed by atoms with Gasteiger partial charge in [0.15, 0.2) is 11.3 Å². The SMILES string of the molecule is CCOc1cccc2c(NC(=O)c3ccc(C)cc3)c(C(N)=O)oc12. The molecule has 0 aliphatic carbocycles. The summed E-state index contributed by atoms with van der Waals surface area (Å²) in [6.07, 6.45) is 0. The number of aryl methyl sites for hydroxylation is 1. The van der Waals surface area contributed by atoms with Crippen LogP contribution in [0.5, 0.6) is 5.75 Å². The number of carbonyl (C=O) groups excluding carboxylic acids is 2. The van der Waals surface area contributed by atoms with E-state index in [2.05, 4.69) is 5.32 Å². The van der Waals surface area contributed by atoms with Crippen LogP contribution in [0.1, 0.15) is 33.4 Å². The Morgan fingerprint density at radius 2 is 1.88 bits per heavy atom. The molecule has 6 nitrogen and oxygen atoms in total. The highest BCUT2D eigenvalue weighted by Crippen LogP contribution is 2.36. The van der Waals surface area contributed by atoms with Gasteiger partial charge in [-0.25, -0.2) is 0 Å². The number of furan rings is 1. The highest BCUT2D eigenvalue weighted by atomic mass is 16.5. The van der Waals surface area contributed by atoms with E-state index in [0.29, 0.717) is 28.9 Å². The Morgan fingerprint density at radius 1 is 1.16 bits per heavy atom. The van der Waals surface area contributed by atoms with E-state index in [1.165, 1.54) is 0 Å². The smallest absolute Gasteiger partial charge is 0.286 e. The molecule has 128 valence electrons. The molecule has 0 fully saturated rings. The fourth-order valence-electron chi connectivity index (χ4n) is 2.55. The van der Waals surface area contributed by atoms with Crippen molar-refractivity contribution in [2.24, 2.45) is 5.73 Å². The second-order valence-electron chi connectivity index (χ2n) is 5.56. The van der Waals surface area contributed by atoms with Crippen LogP contribution < -0.4 is 15.8 Å². The minimum Gasteiger partial charge on any atom is -0.490 e. The molecule has 6 heteroatoms. The van der Waals surface area contributed by atoms with Crippen molar-refractivity contribution in [3.05, 3.63) is 59.4 Å². The number of rotatable bonds is 5. The van der Waals surface area contributed by atoms with Gasteiger partial charge < -0.3 is 20.2 Å². The van der Waals surface area contributed by atoms with Gasteiger partial charge >= 0.3 is 0 Å².